The Morgan fingerprint density at radius 3 is 2.68 bits per heavy atom. The van der Waals surface area contributed by atoms with Gasteiger partial charge >= 0.3 is 6.18 Å². The molecule has 4 rings (SSSR count). The number of nitrogens with zero attached hydrogens (tertiary/aromatic N) is 3. The molecule has 2 aromatic heterocycles. The summed E-state index contributed by atoms with van der Waals surface area (Å²) in [6, 6.07) is 12.5. The Morgan fingerprint density at radius 2 is 1.97 bits per heavy atom. The largest absolute Gasteiger partial charge is 0.435 e. The van der Waals surface area contributed by atoms with Gasteiger partial charge in [-0.1, -0.05) is 24.3 Å². The summed E-state index contributed by atoms with van der Waals surface area (Å²) in [5, 5.41) is 6.04. The molecule has 1 amide bonds. The van der Waals surface area contributed by atoms with Gasteiger partial charge in [0.15, 0.2) is 5.69 Å². The van der Waals surface area contributed by atoms with E-state index in [-0.39, 0.29) is 24.2 Å². The molecule has 7 nitrogen and oxygen atoms in total. The van der Waals surface area contributed by atoms with Gasteiger partial charge in [-0.15, -0.1) is 0 Å². The lowest BCUT2D eigenvalue weighted by molar-refractivity contribution is -0.141. The number of halogens is 3. The van der Waals surface area contributed by atoms with Crippen molar-refractivity contribution in [2.45, 2.75) is 24.7 Å². The number of hydrogen-bond donors (Lipinski definition) is 3. The third-order valence-electron chi connectivity index (χ3n) is 5.28. The van der Waals surface area contributed by atoms with Crippen molar-refractivity contribution < 1.29 is 18.0 Å². The number of carbonyl (C=O) groups is 1. The molecule has 3 aromatic rings. The van der Waals surface area contributed by atoms with E-state index < -0.39 is 17.8 Å². The average Bonchev–Trinajstić information content (AvgIpc) is 3.40. The number of carbonyl (C=O) groups excluding carboxylic acids is 1. The number of hydrazine groups is 1. The van der Waals surface area contributed by atoms with Crippen LogP contribution in [0.1, 0.15) is 44.8 Å². The number of nitrogens with one attached hydrogen (secondary N) is 3. The van der Waals surface area contributed by atoms with Crippen LogP contribution in [0.4, 0.5) is 13.2 Å². The molecular formula is C21H21F3N6O. The molecule has 0 spiro atoms. The topological polar surface area (TPSA) is 83.9 Å². The normalized spacial score (nSPS) is 18.8. The van der Waals surface area contributed by atoms with Crippen molar-refractivity contribution in [3.05, 3.63) is 82.9 Å². The van der Waals surface area contributed by atoms with Gasteiger partial charge in [0.25, 0.3) is 5.91 Å². The van der Waals surface area contributed by atoms with Gasteiger partial charge in [-0.2, -0.15) is 18.3 Å². The fourth-order valence-electron chi connectivity index (χ4n) is 3.72. The van der Waals surface area contributed by atoms with Crippen LogP contribution in [0.25, 0.3) is 0 Å². The van der Waals surface area contributed by atoms with Crippen molar-refractivity contribution in [1.29, 1.82) is 0 Å². The van der Waals surface area contributed by atoms with Crippen LogP contribution in [-0.2, 0) is 19.8 Å². The Kier molecular flexibility index (Phi) is 5.75. The van der Waals surface area contributed by atoms with Gasteiger partial charge < -0.3 is 5.32 Å². The van der Waals surface area contributed by atoms with Crippen LogP contribution in [0.5, 0.6) is 0 Å². The van der Waals surface area contributed by atoms with E-state index in [1.165, 1.54) is 7.05 Å². The Labute approximate surface area is 176 Å². The molecule has 0 bridgehead atoms. The number of benzene rings is 1. The average molecular weight is 430 g/mol. The fourth-order valence-corrected chi connectivity index (χ4v) is 3.72. The molecule has 0 saturated carbocycles. The van der Waals surface area contributed by atoms with Crippen molar-refractivity contribution in [3.63, 3.8) is 0 Å². The van der Waals surface area contributed by atoms with Crippen LogP contribution in [0, 0.1) is 0 Å². The lowest BCUT2D eigenvalue weighted by Crippen LogP contribution is -2.26. The molecule has 3 heterocycles. The third-order valence-corrected chi connectivity index (χ3v) is 5.28. The minimum Gasteiger partial charge on any atom is -0.347 e. The van der Waals surface area contributed by atoms with E-state index >= 15 is 0 Å². The number of amides is 1. The summed E-state index contributed by atoms with van der Waals surface area (Å²) in [5.41, 5.74) is 8.27. The maximum atomic E-state index is 12.8. The van der Waals surface area contributed by atoms with Gasteiger partial charge in [-0.3, -0.25) is 19.9 Å². The van der Waals surface area contributed by atoms with E-state index in [2.05, 4.69) is 26.3 Å². The van der Waals surface area contributed by atoms with Gasteiger partial charge in [-0.05, 0) is 28.8 Å². The Morgan fingerprint density at radius 1 is 1.19 bits per heavy atom. The predicted octanol–water partition coefficient (Wildman–Crippen LogP) is 2.70. The van der Waals surface area contributed by atoms with Crippen molar-refractivity contribution in [1.82, 2.24) is 30.9 Å². The summed E-state index contributed by atoms with van der Waals surface area (Å²) < 4.78 is 39.4. The number of aryl methyl sites for hydroxylation is 1. The summed E-state index contributed by atoms with van der Waals surface area (Å²) in [6.07, 6.45) is -1.07. The smallest absolute Gasteiger partial charge is 0.347 e. The summed E-state index contributed by atoms with van der Waals surface area (Å²) in [4.78, 5) is 16.5. The monoisotopic (exact) mass is 430 g/mol. The van der Waals surface area contributed by atoms with Crippen molar-refractivity contribution in [2.24, 2.45) is 7.05 Å². The Balaban J connectivity index is 1.46. The van der Waals surface area contributed by atoms with E-state index in [9.17, 15) is 18.0 Å². The first-order chi connectivity index (χ1) is 14.8. The van der Waals surface area contributed by atoms with Crippen LogP contribution >= 0.6 is 0 Å². The first-order valence-corrected chi connectivity index (χ1v) is 9.69. The number of rotatable bonds is 5. The highest BCUT2D eigenvalue weighted by Crippen LogP contribution is 2.33. The molecule has 1 fully saturated rings. The zero-order valence-corrected chi connectivity index (χ0v) is 16.6. The van der Waals surface area contributed by atoms with Crippen molar-refractivity contribution in [2.75, 3.05) is 6.54 Å². The molecule has 1 saturated heterocycles. The number of pyridine rings is 1. The lowest BCUT2D eigenvalue weighted by atomic mass is 9.88. The van der Waals surface area contributed by atoms with Gasteiger partial charge in [0.1, 0.15) is 5.69 Å². The highest BCUT2D eigenvalue weighted by molar-refractivity contribution is 5.92. The molecule has 2 unspecified atom stereocenters. The van der Waals surface area contributed by atoms with E-state index in [4.69, 9.17) is 0 Å². The van der Waals surface area contributed by atoms with Crippen LogP contribution < -0.4 is 16.2 Å². The molecule has 1 aliphatic heterocycles. The maximum Gasteiger partial charge on any atom is 0.435 e. The van der Waals surface area contributed by atoms with E-state index in [0.29, 0.717) is 0 Å². The summed E-state index contributed by atoms with van der Waals surface area (Å²) >= 11 is 0. The zero-order valence-electron chi connectivity index (χ0n) is 16.6. The second kappa shape index (κ2) is 8.48. The minimum absolute atomic E-state index is 0.0319. The molecule has 162 valence electrons. The minimum atomic E-state index is -4.60. The third kappa shape index (κ3) is 4.59. The molecular weight excluding hydrogens is 409 g/mol. The molecule has 1 aromatic carbocycles. The zero-order chi connectivity index (χ0) is 22.0. The van der Waals surface area contributed by atoms with E-state index in [1.807, 2.05) is 36.4 Å². The molecule has 0 aliphatic carbocycles. The molecule has 0 radical (unpaired) electrons. The summed E-state index contributed by atoms with van der Waals surface area (Å²) in [5.74, 6) is -0.408. The highest BCUT2D eigenvalue weighted by atomic mass is 19.4. The summed E-state index contributed by atoms with van der Waals surface area (Å²) in [6.45, 7) is 0.941. The highest BCUT2D eigenvalue weighted by Gasteiger charge is 2.35. The Bertz CT molecular complexity index is 1070. The van der Waals surface area contributed by atoms with Gasteiger partial charge in [-0.25, -0.2) is 5.43 Å². The van der Waals surface area contributed by atoms with Gasteiger partial charge in [0, 0.05) is 44.5 Å². The molecule has 1 aliphatic rings. The first-order valence-electron chi connectivity index (χ1n) is 9.69. The molecule has 2 atom stereocenters. The second-order valence-electron chi connectivity index (χ2n) is 7.35. The van der Waals surface area contributed by atoms with Crippen LogP contribution in [-0.4, -0.2) is 27.2 Å². The van der Waals surface area contributed by atoms with E-state index in [1.54, 1.807) is 12.4 Å². The lowest BCUT2D eigenvalue weighted by Gasteiger charge is -2.20. The standard InChI is InChI=1S/C21H21F3N6O/c1-30-17(10-18(29-30)21(22,23)24)20(31)26-11-13-3-2-4-15(9-13)19-16(12-27-28-19)14-5-7-25-8-6-14/h2-10,16,19,27-28H,11-12H2,1H3,(H,26,31). The van der Waals surface area contributed by atoms with Crippen molar-refractivity contribution >= 4 is 5.91 Å². The van der Waals surface area contributed by atoms with Crippen LogP contribution in [0.15, 0.2) is 54.9 Å². The molecule has 31 heavy (non-hydrogen) atoms. The van der Waals surface area contributed by atoms with E-state index in [0.717, 1.165) is 34.0 Å². The van der Waals surface area contributed by atoms with Gasteiger partial charge in [0.2, 0.25) is 0 Å². The molecule has 10 heteroatoms. The predicted molar refractivity (Wildman–Crippen MR) is 107 cm³/mol. The number of aromatic nitrogens is 3. The molecule has 3 N–H and O–H groups in total. The Hall–Kier alpha value is -3.24. The number of alkyl halides is 3. The van der Waals surface area contributed by atoms with Crippen molar-refractivity contribution in [3.8, 4) is 0 Å². The number of hydrogen-bond acceptors (Lipinski definition) is 5. The van der Waals surface area contributed by atoms with Crippen LogP contribution in [0.2, 0.25) is 0 Å². The SMILES string of the molecule is Cn1nc(C(F)(F)F)cc1C(=O)NCc1cccc(C2NNCC2c2ccncc2)c1. The second-order valence-corrected chi connectivity index (χ2v) is 7.35. The quantitative estimate of drug-likeness (QED) is 0.580. The fraction of sp³-hybridized carbons (Fsp3) is 0.286. The summed E-state index contributed by atoms with van der Waals surface area (Å²) in [7, 11) is 1.31. The van der Waals surface area contributed by atoms with Gasteiger partial charge in [0.05, 0.1) is 6.04 Å². The van der Waals surface area contributed by atoms with Crippen LogP contribution in [0.3, 0.4) is 0 Å². The maximum absolute atomic E-state index is 12.8. The first kappa shape index (κ1) is 21.0.